The van der Waals surface area contributed by atoms with Crippen LogP contribution in [0.1, 0.15) is 22.8 Å². The van der Waals surface area contributed by atoms with Gasteiger partial charge < -0.3 is 10.5 Å². The Labute approximate surface area is 119 Å². The number of hydrogen-bond donors (Lipinski definition) is 1. The molecule has 0 heterocycles. The molecule has 0 aliphatic heterocycles. The molecule has 3 nitrogen and oxygen atoms in total. The number of carbonyl (C=O) groups excluding carboxylic acids is 1. The van der Waals surface area contributed by atoms with E-state index in [9.17, 15) is 18.0 Å². The van der Waals surface area contributed by atoms with Crippen molar-refractivity contribution in [3.8, 4) is 11.5 Å². The van der Waals surface area contributed by atoms with Gasteiger partial charge in [-0.1, -0.05) is 12.1 Å². The van der Waals surface area contributed by atoms with Crippen molar-refractivity contribution in [1.82, 2.24) is 0 Å². The van der Waals surface area contributed by atoms with Gasteiger partial charge in [0.2, 0.25) is 0 Å². The number of Topliss-reactive ketones (excluding diaryl/α,β-unsaturated/α-hetero) is 1. The van der Waals surface area contributed by atoms with Crippen LogP contribution in [0.5, 0.6) is 11.5 Å². The molecule has 0 aliphatic carbocycles. The summed E-state index contributed by atoms with van der Waals surface area (Å²) in [5.74, 6) is -0.413. The molecule has 110 valence electrons. The van der Waals surface area contributed by atoms with E-state index in [2.05, 4.69) is 0 Å². The van der Waals surface area contributed by atoms with Gasteiger partial charge in [-0.05, 0) is 31.2 Å². The Balaban J connectivity index is 2.35. The van der Waals surface area contributed by atoms with E-state index < -0.39 is 11.7 Å². The lowest BCUT2D eigenvalue weighted by Crippen LogP contribution is -2.07. The number of hydrogen-bond acceptors (Lipinski definition) is 3. The number of nitrogens with two attached hydrogens (primary N) is 1. The number of ketones is 1. The molecule has 0 bridgehead atoms. The van der Waals surface area contributed by atoms with Gasteiger partial charge in [-0.25, -0.2) is 0 Å². The third kappa shape index (κ3) is 3.34. The Morgan fingerprint density at radius 1 is 1.14 bits per heavy atom. The zero-order valence-corrected chi connectivity index (χ0v) is 11.1. The monoisotopic (exact) mass is 295 g/mol. The van der Waals surface area contributed by atoms with Crippen molar-refractivity contribution in [2.24, 2.45) is 0 Å². The predicted molar refractivity (Wildman–Crippen MR) is 72.4 cm³/mol. The third-order valence-corrected chi connectivity index (χ3v) is 2.82. The van der Waals surface area contributed by atoms with E-state index in [1.165, 1.54) is 43.3 Å². The van der Waals surface area contributed by atoms with Gasteiger partial charge in [-0.3, -0.25) is 4.79 Å². The number of anilines is 1. The Morgan fingerprint density at radius 2 is 1.81 bits per heavy atom. The number of nitrogen functional groups attached to an aromatic ring is 1. The summed E-state index contributed by atoms with van der Waals surface area (Å²) in [6.07, 6.45) is -4.51. The molecule has 0 amide bonds. The molecule has 21 heavy (non-hydrogen) atoms. The van der Waals surface area contributed by atoms with E-state index >= 15 is 0 Å². The van der Waals surface area contributed by atoms with Gasteiger partial charge in [0.25, 0.3) is 0 Å². The van der Waals surface area contributed by atoms with Crippen LogP contribution in [-0.4, -0.2) is 5.78 Å². The SMILES string of the molecule is CC(=O)c1ccc(Oc2ccccc2C(F)(F)F)cc1N. The highest BCUT2D eigenvalue weighted by molar-refractivity contribution is 5.99. The molecular weight excluding hydrogens is 283 g/mol. The number of ether oxygens (including phenoxy) is 1. The first-order valence-corrected chi connectivity index (χ1v) is 6.03. The molecule has 0 atom stereocenters. The minimum Gasteiger partial charge on any atom is -0.457 e. The molecule has 0 saturated carbocycles. The number of rotatable bonds is 3. The van der Waals surface area contributed by atoms with Crippen LogP contribution in [0.25, 0.3) is 0 Å². The number of carbonyl (C=O) groups is 1. The molecule has 2 rings (SSSR count). The second-order valence-corrected chi connectivity index (χ2v) is 4.40. The summed E-state index contributed by atoms with van der Waals surface area (Å²) in [6, 6.07) is 9.02. The van der Waals surface area contributed by atoms with Crippen LogP contribution in [0.4, 0.5) is 18.9 Å². The van der Waals surface area contributed by atoms with Gasteiger partial charge in [0.05, 0.1) is 5.56 Å². The minimum absolute atomic E-state index is 0.134. The van der Waals surface area contributed by atoms with Crippen molar-refractivity contribution in [2.45, 2.75) is 13.1 Å². The zero-order valence-electron chi connectivity index (χ0n) is 11.1. The van der Waals surface area contributed by atoms with Crippen molar-refractivity contribution >= 4 is 11.5 Å². The summed E-state index contributed by atoms with van der Waals surface area (Å²) in [5, 5.41) is 0. The average molecular weight is 295 g/mol. The summed E-state index contributed by atoms with van der Waals surface area (Å²) in [5.41, 5.74) is 5.26. The maximum Gasteiger partial charge on any atom is 0.419 e. The number of para-hydroxylation sites is 1. The lowest BCUT2D eigenvalue weighted by molar-refractivity contribution is -0.138. The first kappa shape index (κ1) is 14.9. The average Bonchev–Trinajstić information content (AvgIpc) is 2.37. The lowest BCUT2D eigenvalue weighted by Gasteiger charge is -2.14. The van der Waals surface area contributed by atoms with Crippen LogP contribution >= 0.6 is 0 Å². The molecule has 0 spiro atoms. The Morgan fingerprint density at radius 3 is 2.38 bits per heavy atom. The summed E-state index contributed by atoms with van der Waals surface area (Å²) in [7, 11) is 0. The maximum atomic E-state index is 12.9. The van der Waals surface area contributed by atoms with Crippen LogP contribution < -0.4 is 10.5 Å². The van der Waals surface area contributed by atoms with Crippen LogP contribution in [0, 0.1) is 0 Å². The number of halogens is 3. The third-order valence-electron chi connectivity index (χ3n) is 2.82. The maximum absolute atomic E-state index is 12.9. The predicted octanol–water partition coefficient (Wildman–Crippen LogP) is 4.28. The minimum atomic E-state index is -4.51. The summed E-state index contributed by atoms with van der Waals surface area (Å²) >= 11 is 0. The van der Waals surface area contributed by atoms with Crippen LogP contribution in [0.15, 0.2) is 42.5 Å². The molecule has 2 N–H and O–H groups in total. The molecule has 0 saturated heterocycles. The topological polar surface area (TPSA) is 52.3 Å². The second kappa shape index (κ2) is 5.47. The molecule has 0 aliphatic rings. The number of benzene rings is 2. The highest BCUT2D eigenvalue weighted by Crippen LogP contribution is 2.38. The summed E-state index contributed by atoms with van der Waals surface area (Å²) < 4.78 is 43.8. The van der Waals surface area contributed by atoms with Crippen molar-refractivity contribution in [2.75, 3.05) is 5.73 Å². The van der Waals surface area contributed by atoms with Crippen LogP contribution in [0.3, 0.4) is 0 Å². The Bertz CT molecular complexity index is 681. The molecule has 0 fully saturated rings. The highest BCUT2D eigenvalue weighted by Gasteiger charge is 2.34. The van der Waals surface area contributed by atoms with Gasteiger partial charge in [-0.15, -0.1) is 0 Å². The molecule has 0 unspecified atom stereocenters. The molecule has 2 aromatic carbocycles. The van der Waals surface area contributed by atoms with Gasteiger partial charge in [0, 0.05) is 17.3 Å². The van der Waals surface area contributed by atoms with Crippen molar-refractivity contribution in [1.29, 1.82) is 0 Å². The van der Waals surface area contributed by atoms with Crippen molar-refractivity contribution < 1.29 is 22.7 Å². The van der Waals surface area contributed by atoms with E-state index in [1.54, 1.807) is 0 Å². The van der Waals surface area contributed by atoms with E-state index in [4.69, 9.17) is 10.5 Å². The fourth-order valence-electron chi connectivity index (χ4n) is 1.84. The fourth-order valence-corrected chi connectivity index (χ4v) is 1.84. The lowest BCUT2D eigenvalue weighted by atomic mass is 10.1. The van der Waals surface area contributed by atoms with Gasteiger partial charge in [0.15, 0.2) is 5.78 Å². The quantitative estimate of drug-likeness (QED) is 0.679. The van der Waals surface area contributed by atoms with Crippen LogP contribution in [-0.2, 0) is 6.18 Å². The molecule has 6 heteroatoms. The molecule has 2 aromatic rings. The summed E-state index contributed by atoms with van der Waals surface area (Å²) in [6.45, 7) is 1.35. The van der Waals surface area contributed by atoms with E-state index in [0.29, 0.717) is 5.56 Å². The van der Waals surface area contributed by atoms with Gasteiger partial charge in [0.1, 0.15) is 11.5 Å². The molecule has 0 radical (unpaired) electrons. The normalized spacial score (nSPS) is 11.2. The Hall–Kier alpha value is -2.50. The Kier molecular flexibility index (Phi) is 3.88. The van der Waals surface area contributed by atoms with E-state index in [1.807, 2.05) is 0 Å². The van der Waals surface area contributed by atoms with Gasteiger partial charge >= 0.3 is 6.18 Å². The smallest absolute Gasteiger partial charge is 0.419 e. The summed E-state index contributed by atoms with van der Waals surface area (Å²) in [4.78, 5) is 11.3. The van der Waals surface area contributed by atoms with Gasteiger partial charge in [-0.2, -0.15) is 13.2 Å². The standard InChI is InChI=1S/C15H12F3NO2/c1-9(20)11-7-6-10(8-13(11)19)21-14-5-3-2-4-12(14)15(16,17)18/h2-8H,19H2,1H3. The second-order valence-electron chi connectivity index (χ2n) is 4.40. The van der Waals surface area contributed by atoms with E-state index in [0.717, 1.165) is 6.07 Å². The number of alkyl halides is 3. The van der Waals surface area contributed by atoms with Crippen LogP contribution in [0.2, 0.25) is 0 Å². The zero-order chi connectivity index (χ0) is 15.6. The first-order chi connectivity index (χ1) is 9.79. The highest BCUT2D eigenvalue weighted by atomic mass is 19.4. The molecular formula is C15H12F3NO2. The largest absolute Gasteiger partial charge is 0.457 e. The van der Waals surface area contributed by atoms with Crippen molar-refractivity contribution in [3.05, 3.63) is 53.6 Å². The first-order valence-electron chi connectivity index (χ1n) is 6.03. The van der Waals surface area contributed by atoms with Crippen molar-refractivity contribution in [3.63, 3.8) is 0 Å². The van der Waals surface area contributed by atoms with E-state index in [-0.39, 0.29) is 23.0 Å². The fraction of sp³-hybridized carbons (Fsp3) is 0.133. The molecule has 0 aromatic heterocycles.